The lowest BCUT2D eigenvalue weighted by Crippen LogP contribution is -2.29. The number of methoxy groups -OCH3 is 1. The monoisotopic (exact) mass is 472 g/mol. The largest absolute Gasteiger partial charge is 0.497 e. The van der Waals surface area contributed by atoms with Crippen molar-refractivity contribution in [1.82, 2.24) is 14.9 Å². The molecule has 172 valence electrons. The number of aryl methyl sites for hydroxylation is 1. The molecule has 0 spiro atoms. The highest BCUT2D eigenvalue weighted by molar-refractivity contribution is 7.80. The van der Waals surface area contributed by atoms with Crippen molar-refractivity contribution in [3.05, 3.63) is 107 Å². The Morgan fingerprint density at radius 2 is 1.68 bits per heavy atom. The second-order valence-corrected chi connectivity index (χ2v) is 8.72. The molecule has 0 radical (unpaired) electrons. The third-order valence-electron chi connectivity index (χ3n) is 6.32. The van der Waals surface area contributed by atoms with Crippen LogP contribution in [0.5, 0.6) is 5.75 Å². The van der Waals surface area contributed by atoms with E-state index in [1.54, 1.807) is 25.4 Å². The number of nitrogens with one attached hydrogen (secondary N) is 1. The van der Waals surface area contributed by atoms with E-state index in [-0.39, 0.29) is 17.9 Å². The Kier molecular flexibility index (Phi) is 5.79. The molecule has 1 aliphatic rings. The lowest BCUT2D eigenvalue weighted by Gasteiger charge is -2.28. The minimum absolute atomic E-state index is 0.129. The number of nitrogens with zero attached hydrogens (tertiary/aromatic N) is 3. The molecule has 7 heteroatoms. The molecule has 5 rings (SSSR count). The lowest BCUT2D eigenvalue weighted by atomic mass is 9.96. The molecule has 2 aromatic heterocycles. The van der Waals surface area contributed by atoms with E-state index in [1.165, 1.54) is 12.1 Å². The van der Waals surface area contributed by atoms with Crippen molar-refractivity contribution in [3.8, 4) is 11.4 Å². The van der Waals surface area contributed by atoms with Crippen LogP contribution >= 0.6 is 12.2 Å². The maximum absolute atomic E-state index is 13.6. The molecule has 0 aliphatic carbocycles. The van der Waals surface area contributed by atoms with Crippen LogP contribution in [0, 0.1) is 19.7 Å². The summed E-state index contributed by atoms with van der Waals surface area (Å²) < 4.78 is 21.1. The van der Waals surface area contributed by atoms with Gasteiger partial charge in [0.25, 0.3) is 0 Å². The van der Waals surface area contributed by atoms with Crippen LogP contribution < -0.4 is 15.0 Å². The smallest absolute Gasteiger partial charge is 0.174 e. The topological polar surface area (TPSA) is 42.3 Å². The number of pyridine rings is 1. The number of benzene rings is 2. The van der Waals surface area contributed by atoms with Gasteiger partial charge in [0.1, 0.15) is 11.6 Å². The Balaban J connectivity index is 1.66. The highest BCUT2D eigenvalue weighted by atomic mass is 32.1. The van der Waals surface area contributed by atoms with Crippen molar-refractivity contribution in [2.24, 2.45) is 0 Å². The van der Waals surface area contributed by atoms with Crippen molar-refractivity contribution in [1.29, 1.82) is 0 Å². The minimum atomic E-state index is -0.252. The van der Waals surface area contributed by atoms with E-state index in [1.807, 2.05) is 42.5 Å². The molecule has 5 nitrogen and oxygen atoms in total. The van der Waals surface area contributed by atoms with Gasteiger partial charge in [0.05, 0.1) is 24.9 Å². The first-order valence-corrected chi connectivity index (χ1v) is 11.5. The summed E-state index contributed by atoms with van der Waals surface area (Å²) in [5.41, 5.74) is 6.06. The molecular weight excluding hydrogens is 447 g/mol. The van der Waals surface area contributed by atoms with Crippen LogP contribution in [0.15, 0.2) is 79.0 Å². The van der Waals surface area contributed by atoms with E-state index in [0.29, 0.717) is 5.11 Å². The van der Waals surface area contributed by atoms with Crippen LogP contribution in [0.25, 0.3) is 5.69 Å². The summed E-state index contributed by atoms with van der Waals surface area (Å²) in [5, 5.41) is 4.14. The highest BCUT2D eigenvalue weighted by Crippen LogP contribution is 2.44. The van der Waals surface area contributed by atoms with Crippen LogP contribution in [0.1, 0.15) is 34.7 Å². The number of ether oxygens (including phenoxy) is 1. The van der Waals surface area contributed by atoms with Gasteiger partial charge in [-0.1, -0.05) is 6.07 Å². The van der Waals surface area contributed by atoms with Crippen LogP contribution in [0.2, 0.25) is 0 Å². The van der Waals surface area contributed by atoms with E-state index in [4.69, 9.17) is 17.0 Å². The zero-order chi connectivity index (χ0) is 23.8. The fourth-order valence-corrected chi connectivity index (χ4v) is 5.11. The van der Waals surface area contributed by atoms with E-state index in [9.17, 15) is 4.39 Å². The second-order valence-electron chi connectivity index (χ2n) is 8.33. The van der Waals surface area contributed by atoms with Crippen molar-refractivity contribution in [3.63, 3.8) is 0 Å². The van der Waals surface area contributed by atoms with Crippen LogP contribution in [-0.2, 0) is 0 Å². The van der Waals surface area contributed by atoms with Crippen molar-refractivity contribution >= 4 is 23.0 Å². The molecule has 2 atom stereocenters. The summed E-state index contributed by atoms with van der Waals surface area (Å²) >= 11 is 5.84. The SMILES string of the molecule is COc1ccc(N2C(=S)NC(c3ccccn3)C2c2cc(C)n(-c3ccc(F)cc3)c2C)cc1. The molecule has 4 aromatic rings. The number of hydrogen-bond acceptors (Lipinski definition) is 3. The van der Waals surface area contributed by atoms with Gasteiger partial charge in [-0.25, -0.2) is 4.39 Å². The number of hydrogen-bond donors (Lipinski definition) is 1. The Hall–Kier alpha value is -3.71. The van der Waals surface area contributed by atoms with E-state index in [0.717, 1.165) is 39.8 Å². The minimum Gasteiger partial charge on any atom is -0.497 e. The van der Waals surface area contributed by atoms with Gasteiger partial charge in [0.2, 0.25) is 0 Å². The first kappa shape index (κ1) is 22.1. The maximum atomic E-state index is 13.6. The number of aromatic nitrogens is 2. The summed E-state index contributed by atoms with van der Waals surface area (Å²) in [6.07, 6.45) is 1.80. The van der Waals surface area contributed by atoms with Crippen LogP contribution in [0.4, 0.5) is 10.1 Å². The number of halogens is 1. The molecule has 0 bridgehead atoms. The van der Waals surface area contributed by atoms with E-state index < -0.39 is 0 Å². The zero-order valence-corrected chi connectivity index (χ0v) is 20.0. The maximum Gasteiger partial charge on any atom is 0.174 e. The molecule has 3 heterocycles. The number of rotatable bonds is 5. The summed E-state index contributed by atoms with van der Waals surface area (Å²) in [7, 11) is 1.65. The molecule has 34 heavy (non-hydrogen) atoms. The fourth-order valence-electron chi connectivity index (χ4n) is 4.77. The summed E-state index contributed by atoms with van der Waals surface area (Å²) in [6, 6.07) is 22.3. The van der Waals surface area contributed by atoms with Crippen molar-refractivity contribution in [2.45, 2.75) is 25.9 Å². The number of thiocarbonyl (C=S) groups is 1. The van der Waals surface area contributed by atoms with Crippen molar-refractivity contribution < 1.29 is 9.13 Å². The Labute approximate surface area is 203 Å². The van der Waals surface area contributed by atoms with E-state index >= 15 is 0 Å². The average Bonchev–Trinajstić information content (AvgIpc) is 3.35. The Bertz CT molecular complexity index is 1320. The predicted molar refractivity (Wildman–Crippen MR) is 136 cm³/mol. The van der Waals surface area contributed by atoms with Crippen LogP contribution in [-0.4, -0.2) is 21.8 Å². The molecule has 1 aliphatic heterocycles. The summed E-state index contributed by atoms with van der Waals surface area (Å²) in [6.45, 7) is 4.16. The molecular formula is C27H25FN4OS. The normalized spacial score (nSPS) is 17.6. The quantitative estimate of drug-likeness (QED) is 0.371. The van der Waals surface area contributed by atoms with Gasteiger partial charge in [-0.15, -0.1) is 0 Å². The third kappa shape index (κ3) is 3.82. The van der Waals surface area contributed by atoms with Gasteiger partial charge in [0.15, 0.2) is 5.11 Å². The van der Waals surface area contributed by atoms with E-state index in [2.05, 4.69) is 39.7 Å². The standard InChI is InChI=1S/C27H25FN4OS/c1-17-16-23(18(2)31(17)20-9-7-19(28)8-10-20)26-25(24-6-4-5-15-29-24)30-27(34)32(26)21-11-13-22(33-3)14-12-21/h4-16,25-26H,1-3H3,(H,30,34). The lowest BCUT2D eigenvalue weighted by molar-refractivity contribution is 0.415. The zero-order valence-electron chi connectivity index (χ0n) is 19.2. The summed E-state index contributed by atoms with van der Waals surface area (Å²) in [4.78, 5) is 6.78. The average molecular weight is 473 g/mol. The van der Waals surface area contributed by atoms with Crippen molar-refractivity contribution in [2.75, 3.05) is 12.0 Å². The predicted octanol–water partition coefficient (Wildman–Crippen LogP) is 5.81. The first-order valence-electron chi connectivity index (χ1n) is 11.1. The van der Waals surface area contributed by atoms with Gasteiger partial charge in [-0.3, -0.25) is 4.98 Å². The molecule has 1 N–H and O–H groups in total. The molecule has 2 unspecified atom stereocenters. The Morgan fingerprint density at radius 3 is 2.32 bits per heavy atom. The molecule has 0 saturated carbocycles. The molecule has 2 aromatic carbocycles. The molecule has 1 saturated heterocycles. The Morgan fingerprint density at radius 1 is 0.971 bits per heavy atom. The van der Waals surface area contributed by atoms with Gasteiger partial charge in [-0.2, -0.15) is 0 Å². The molecule has 0 amide bonds. The second kappa shape index (κ2) is 8.91. The van der Waals surface area contributed by atoms with Gasteiger partial charge >= 0.3 is 0 Å². The van der Waals surface area contributed by atoms with Gasteiger partial charge in [0, 0.05) is 29.0 Å². The van der Waals surface area contributed by atoms with Gasteiger partial charge in [-0.05, 0) is 98.4 Å². The highest BCUT2D eigenvalue weighted by Gasteiger charge is 2.42. The first-order chi connectivity index (χ1) is 16.5. The fraction of sp³-hybridized carbons (Fsp3) is 0.185. The number of anilines is 1. The van der Waals surface area contributed by atoms with Crippen LogP contribution in [0.3, 0.4) is 0 Å². The summed E-state index contributed by atoms with van der Waals surface area (Å²) in [5.74, 6) is 0.534. The third-order valence-corrected chi connectivity index (χ3v) is 6.64. The molecule has 1 fully saturated rings. The van der Waals surface area contributed by atoms with Gasteiger partial charge < -0.3 is 19.5 Å².